The van der Waals surface area contributed by atoms with Crippen LogP contribution >= 0.6 is 11.3 Å². The van der Waals surface area contributed by atoms with E-state index in [-0.39, 0.29) is 5.97 Å². The van der Waals surface area contributed by atoms with Gasteiger partial charge in [0.2, 0.25) is 0 Å². The summed E-state index contributed by atoms with van der Waals surface area (Å²) in [5.74, 6) is -0.359. The van der Waals surface area contributed by atoms with Crippen LogP contribution in [0.4, 0.5) is 5.13 Å². The SMILES string of the molecule is CCOC(=O)c1csc(NC2CC(OCC)C2)n1. The highest BCUT2D eigenvalue weighted by Gasteiger charge is 2.30. The van der Waals surface area contributed by atoms with Gasteiger partial charge in [0, 0.05) is 18.0 Å². The summed E-state index contributed by atoms with van der Waals surface area (Å²) in [4.78, 5) is 15.7. The molecule has 0 aliphatic heterocycles. The number of nitrogens with one attached hydrogen (secondary N) is 1. The quantitative estimate of drug-likeness (QED) is 0.804. The number of nitrogens with zero attached hydrogens (tertiary/aromatic N) is 1. The summed E-state index contributed by atoms with van der Waals surface area (Å²) < 4.78 is 10.4. The monoisotopic (exact) mass is 270 g/mol. The number of aromatic nitrogens is 1. The summed E-state index contributed by atoms with van der Waals surface area (Å²) in [5.41, 5.74) is 0.380. The standard InChI is InChI=1S/C12H18N2O3S/c1-3-16-9-5-8(6-9)13-12-14-10(7-18-12)11(15)17-4-2/h7-9H,3-6H2,1-2H3,(H,13,14). The fourth-order valence-corrected chi connectivity index (χ4v) is 2.63. The lowest BCUT2D eigenvalue weighted by molar-refractivity contribution is 0.00297. The lowest BCUT2D eigenvalue weighted by atomic mass is 9.89. The van der Waals surface area contributed by atoms with Gasteiger partial charge >= 0.3 is 5.97 Å². The van der Waals surface area contributed by atoms with E-state index in [0.29, 0.717) is 24.4 Å². The highest BCUT2D eigenvalue weighted by Crippen LogP contribution is 2.28. The molecule has 0 amide bonds. The molecule has 0 unspecified atom stereocenters. The van der Waals surface area contributed by atoms with Gasteiger partial charge in [-0.05, 0) is 26.7 Å². The third-order valence-corrected chi connectivity index (χ3v) is 3.59. The summed E-state index contributed by atoms with van der Waals surface area (Å²) in [6.45, 7) is 4.93. The van der Waals surface area contributed by atoms with Gasteiger partial charge < -0.3 is 14.8 Å². The van der Waals surface area contributed by atoms with E-state index in [2.05, 4.69) is 10.3 Å². The zero-order valence-corrected chi connectivity index (χ0v) is 11.5. The Labute approximate surface area is 111 Å². The lowest BCUT2D eigenvalue weighted by Crippen LogP contribution is -2.40. The number of ether oxygens (including phenoxy) is 2. The van der Waals surface area contributed by atoms with Crippen molar-refractivity contribution >= 4 is 22.4 Å². The normalized spacial score (nSPS) is 22.3. The number of hydrogen-bond acceptors (Lipinski definition) is 6. The Morgan fingerprint density at radius 2 is 2.28 bits per heavy atom. The second kappa shape index (κ2) is 6.15. The first-order valence-electron chi connectivity index (χ1n) is 6.23. The maximum Gasteiger partial charge on any atom is 0.357 e. The highest BCUT2D eigenvalue weighted by molar-refractivity contribution is 7.13. The second-order valence-corrected chi connectivity index (χ2v) is 5.01. The fourth-order valence-electron chi connectivity index (χ4n) is 1.87. The van der Waals surface area contributed by atoms with Gasteiger partial charge in [0.1, 0.15) is 0 Å². The van der Waals surface area contributed by atoms with Crippen LogP contribution in [0.3, 0.4) is 0 Å². The molecule has 0 saturated heterocycles. The van der Waals surface area contributed by atoms with Crippen molar-refractivity contribution in [3.63, 3.8) is 0 Å². The maximum absolute atomic E-state index is 11.4. The fraction of sp³-hybridized carbons (Fsp3) is 0.667. The average molecular weight is 270 g/mol. The van der Waals surface area contributed by atoms with E-state index in [1.54, 1.807) is 12.3 Å². The number of esters is 1. The molecular formula is C12H18N2O3S. The molecule has 100 valence electrons. The molecule has 6 heteroatoms. The van der Waals surface area contributed by atoms with Crippen LogP contribution in [0.1, 0.15) is 37.2 Å². The molecule has 1 aromatic heterocycles. The summed E-state index contributed by atoms with van der Waals surface area (Å²) in [7, 11) is 0. The van der Waals surface area contributed by atoms with Gasteiger partial charge in [-0.3, -0.25) is 0 Å². The first kappa shape index (κ1) is 13.3. The minimum Gasteiger partial charge on any atom is -0.461 e. The number of carbonyl (C=O) groups excluding carboxylic acids is 1. The Kier molecular flexibility index (Phi) is 4.54. The van der Waals surface area contributed by atoms with E-state index < -0.39 is 0 Å². The molecule has 1 fully saturated rings. The van der Waals surface area contributed by atoms with Crippen molar-refractivity contribution < 1.29 is 14.3 Å². The molecule has 1 heterocycles. The third-order valence-electron chi connectivity index (χ3n) is 2.81. The van der Waals surface area contributed by atoms with Crippen molar-refractivity contribution in [3.8, 4) is 0 Å². The van der Waals surface area contributed by atoms with Gasteiger partial charge in [-0.1, -0.05) is 0 Å². The van der Waals surface area contributed by atoms with E-state index in [9.17, 15) is 4.79 Å². The van der Waals surface area contributed by atoms with E-state index >= 15 is 0 Å². The number of hydrogen-bond donors (Lipinski definition) is 1. The number of carbonyl (C=O) groups is 1. The minimum atomic E-state index is -0.359. The molecule has 1 aliphatic carbocycles. The summed E-state index contributed by atoms with van der Waals surface area (Å²) in [6.07, 6.45) is 2.38. The number of rotatable bonds is 6. The van der Waals surface area contributed by atoms with Crippen molar-refractivity contribution in [1.82, 2.24) is 4.98 Å². The average Bonchev–Trinajstić information content (AvgIpc) is 2.75. The largest absolute Gasteiger partial charge is 0.461 e. The second-order valence-electron chi connectivity index (χ2n) is 4.15. The van der Waals surface area contributed by atoms with Gasteiger partial charge in [-0.2, -0.15) is 0 Å². The number of thiazole rings is 1. The zero-order valence-electron chi connectivity index (χ0n) is 10.6. The molecule has 0 spiro atoms. The van der Waals surface area contributed by atoms with Crippen LogP contribution in [-0.4, -0.2) is 36.3 Å². The summed E-state index contributed by atoms with van der Waals surface area (Å²) in [5, 5.41) is 5.80. The summed E-state index contributed by atoms with van der Waals surface area (Å²) in [6, 6.07) is 0.405. The predicted octanol–water partition coefficient (Wildman–Crippen LogP) is 2.30. The van der Waals surface area contributed by atoms with E-state index in [4.69, 9.17) is 9.47 Å². The van der Waals surface area contributed by atoms with Crippen molar-refractivity contribution in [2.75, 3.05) is 18.5 Å². The van der Waals surface area contributed by atoms with Crippen LogP contribution in [0.5, 0.6) is 0 Å². The van der Waals surface area contributed by atoms with Crippen LogP contribution in [0.25, 0.3) is 0 Å². The van der Waals surface area contributed by atoms with Crippen molar-refractivity contribution in [2.24, 2.45) is 0 Å². The first-order valence-corrected chi connectivity index (χ1v) is 7.11. The van der Waals surface area contributed by atoms with Gasteiger partial charge in [0.05, 0.1) is 12.7 Å². The Morgan fingerprint density at radius 1 is 1.50 bits per heavy atom. The van der Waals surface area contributed by atoms with Crippen LogP contribution in [0, 0.1) is 0 Å². The zero-order chi connectivity index (χ0) is 13.0. The van der Waals surface area contributed by atoms with Gasteiger partial charge in [-0.15, -0.1) is 11.3 Å². The Hall–Kier alpha value is -1.14. The molecule has 0 radical (unpaired) electrons. The van der Waals surface area contributed by atoms with Gasteiger partial charge in [0.15, 0.2) is 10.8 Å². The van der Waals surface area contributed by atoms with Gasteiger partial charge in [0.25, 0.3) is 0 Å². The smallest absolute Gasteiger partial charge is 0.357 e. The molecule has 0 atom stereocenters. The molecular weight excluding hydrogens is 252 g/mol. The van der Waals surface area contributed by atoms with E-state index in [1.807, 2.05) is 6.92 Å². The van der Waals surface area contributed by atoms with Crippen LogP contribution in [-0.2, 0) is 9.47 Å². The molecule has 2 rings (SSSR count). The molecule has 18 heavy (non-hydrogen) atoms. The van der Waals surface area contributed by atoms with Crippen LogP contribution in [0.15, 0.2) is 5.38 Å². The molecule has 1 aliphatic rings. The Bertz CT molecular complexity index is 402. The minimum absolute atomic E-state index is 0.359. The topological polar surface area (TPSA) is 60.5 Å². The molecule has 5 nitrogen and oxygen atoms in total. The van der Waals surface area contributed by atoms with E-state index in [1.165, 1.54) is 11.3 Å². The lowest BCUT2D eigenvalue weighted by Gasteiger charge is -2.35. The maximum atomic E-state index is 11.4. The first-order chi connectivity index (χ1) is 8.72. The Morgan fingerprint density at radius 3 is 2.94 bits per heavy atom. The molecule has 1 N–H and O–H groups in total. The van der Waals surface area contributed by atoms with E-state index in [0.717, 1.165) is 24.6 Å². The van der Waals surface area contributed by atoms with Crippen molar-refractivity contribution in [2.45, 2.75) is 38.8 Å². The molecule has 1 aromatic rings. The molecule has 0 bridgehead atoms. The third kappa shape index (κ3) is 3.20. The number of anilines is 1. The molecule has 0 aromatic carbocycles. The van der Waals surface area contributed by atoms with Gasteiger partial charge in [-0.25, -0.2) is 9.78 Å². The molecule has 1 saturated carbocycles. The summed E-state index contributed by atoms with van der Waals surface area (Å²) >= 11 is 1.43. The van der Waals surface area contributed by atoms with Crippen LogP contribution in [0.2, 0.25) is 0 Å². The predicted molar refractivity (Wildman–Crippen MR) is 70.1 cm³/mol. The van der Waals surface area contributed by atoms with Crippen molar-refractivity contribution in [1.29, 1.82) is 0 Å². The van der Waals surface area contributed by atoms with Crippen LogP contribution < -0.4 is 5.32 Å². The Balaban J connectivity index is 1.79. The highest BCUT2D eigenvalue weighted by atomic mass is 32.1. The van der Waals surface area contributed by atoms with Crippen molar-refractivity contribution in [3.05, 3.63) is 11.1 Å².